The normalized spacial score (nSPS) is 15.6. The zero-order valence-electron chi connectivity index (χ0n) is 20.9. The molecule has 0 bridgehead atoms. The summed E-state index contributed by atoms with van der Waals surface area (Å²) in [6.45, 7) is 8.54. The SMILES string of the molecule is CCC(C)C(NC(=O)C(N)Cc1c[nH]c2ccccc12)C(=O)NC(C(=O)NC(C)C(=O)O)C(C)C. The van der Waals surface area contributed by atoms with Crippen LogP contribution < -0.4 is 21.7 Å². The molecule has 0 aliphatic heterocycles. The molecule has 0 spiro atoms. The van der Waals surface area contributed by atoms with Gasteiger partial charge in [0.05, 0.1) is 6.04 Å². The maximum Gasteiger partial charge on any atom is 0.325 e. The van der Waals surface area contributed by atoms with Crippen molar-refractivity contribution < 1.29 is 24.3 Å². The number of amides is 3. The van der Waals surface area contributed by atoms with Gasteiger partial charge in [0.15, 0.2) is 0 Å². The standard InChI is InChI=1S/C25H37N5O5/c1-6-14(4)21(24(33)29-20(13(2)3)23(32)28-15(5)25(34)35)30-22(31)18(26)11-16-12-27-19-10-8-7-9-17(16)19/h7-10,12-15,18,20-21,27H,6,11,26H2,1-5H3,(H,28,32)(H,29,33)(H,30,31)(H,34,35). The van der Waals surface area contributed by atoms with Crippen molar-refractivity contribution in [2.75, 3.05) is 0 Å². The van der Waals surface area contributed by atoms with Crippen molar-refractivity contribution in [3.8, 4) is 0 Å². The molecule has 7 N–H and O–H groups in total. The van der Waals surface area contributed by atoms with E-state index in [1.807, 2.05) is 44.3 Å². The number of carbonyl (C=O) groups excluding carboxylic acids is 3. The molecule has 2 rings (SSSR count). The summed E-state index contributed by atoms with van der Waals surface area (Å²) in [6.07, 6.45) is 2.71. The van der Waals surface area contributed by atoms with E-state index in [1.54, 1.807) is 13.8 Å². The number of nitrogens with one attached hydrogen (secondary N) is 4. The third kappa shape index (κ3) is 7.29. The first-order valence-corrected chi connectivity index (χ1v) is 11.9. The average molecular weight is 488 g/mol. The van der Waals surface area contributed by atoms with Gasteiger partial charge < -0.3 is 31.8 Å². The Morgan fingerprint density at radius 3 is 2.14 bits per heavy atom. The lowest BCUT2D eigenvalue weighted by molar-refractivity contribution is -0.142. The van der Waals surface area contributed by atoms with Crippen molar-refractivity contribution in [2.24, 2.45) is 17.6 Å². The van der Waals surface area contributed by atoms with Crippen LogP contribution in [0.5, 0.6) is 0 Å². The summed E-state index contributed by atoms with van der Waals surface area (Å²) in [5.41, 5.74) is 8.04. The summed E-state index contributed by atoms with van der Waals surface area (Å²) < 4.78 is 0. The minimum absolute atomic E-state index is 0.229. The predicted molar refractivity (Wildman–Crippen MR) is 133 cm³/mol. The number of para-hydroxylation sites is 1. The van der Waals surface area contributed by atoms with Crippen LogP contribution in [-0.2, 0) is 25.6 Å². The minimum Gasteiger partial charge on any atom is -0.480 e. The van der Waals surface area contributed by atoms with Crippen LogP contribution in [0.2, 0.25) is 0 Å². The molecule has 0 aliphatic carbocycles. The Hall–Kier alpha value is -3.40. The van der Waals surface area contributed by atoms with Crippen molar-refractivity contribution in [1.82, 2.24) is 20.9 Å². The number of nitrogens with two attached hydrogens (primary N) is 1. The quantitative estimate of drug-likeness (QED) is 0.264. The highest BCUT2D eigenvalue weighted by atomic mass is 16.4. The van der Waals surface area contributed by atoms with Crippen LogP contribution in [0.15, 0.2) is 30.5 Å². The van der Waals surface area contributed by atoms with E-state index in [1.165, 1.54) is 6.92 Å². The molecule has 2 aromatic rings. The second kappa shape index (κ2) is 12.3. The number of benzene rings is 1. The third-order valence-corrected chi connectivity index (χ3v) is 6.22. The lowest BCUT2D eigenvalue weighted by Gasteiger charge is -2.29. The van der Waals surface area contributed by atoms with Crippen molar-refractivity contribution in [1.29, 1.82) is 0 Å². The second-order valence-electron chi connectivity index (χ2n) is 9.34. The van der Waals surface area contributed by atoms with Gasteiger partial charge in [-0.15, -0.1) is 0 Å². The molecule has 1 aromatic carbocycles. The molecule has 0 fully saturated rings. The van der Waals surface area contributed by atoms with E-state index in [0.29, 0.717) is 6.42 Å². The van der Waals surface area contributed by atoms with Crippen LogP contribution in [-0.4, -0.2) is 57.9 Å². The van der Waals surface area contributed by atoms with Gasteiger partial charge in [0, 0.05) is 17.1 Å². The number of hydrogen-bond donors (Lipinski definition) is 6. The number of carboxylic acid groups (broad SMARTS) is 1. The molecule has 5 unspecified atom stereocenters. The smallest absolute Gasteiger partial charge is 0.325 e. The molecular formula is C25H37N5O5. The third-order valence-electron chi connectivity index (χ3n) is 6.22. The summed E-state index contributed by atoms with van der Waals surface area (Å²) in [5.74, 6) is -3.32. The highest BCUT2D eigenvalue weighted by molar-refractivity contribution is 5.94. The molecule has 1 aromatic heterocycles. The topological polar surface area (TPSA) is 166 Å². The second-order valence-corrected chi connectivity index (χ2v) is 9.34. The first kappa shape index (κ1) is 27.8. The number of fused-ring (bicyclic) bond motifs is 1. The number of rotatable bonds is 12. The highest BCUT2D eigenvalue weighted by Gasteiger charge is 2.33. The van der Waals surface area contributed by atoms with E-state index in [9.17, 15) is 19.2 Å². The molecule has 3 amide bonds. The van der Waals surface area contributed by atoms with Crippen molar-refractivity contribution >= 4 is 34.6 Å². The van der Waals surface area contributed by atoms with Crippen LogP contribution in [0.25, 0.3) is 10.9 Å². The zero-order chi connectivity index (χ0) is 26.3. The lowest BCUT2D eigenvalue weighted by Crippen LogP contribution is -2.59. The number of carbonyl (C=O) groups is 4. The van der Waals surface area contributed by atoms with Crippen molar-refractivity contribution in [3.05, 3.63) is 36.0 Å². The number of carboxylic acids is 1. The van der Waals surface area contributed by atoms with Gasteiger partial charge in [-0.3, -0.25) is 19.2 Å². The van der Waals surface area contributed by atoms with Gasteiger partial charge in [0.1, 0.15) is 18.1 Å². The zero-order valence-corrected chi connectivity index (χ0v) is 20.9. The molecule has 5 atom stereocenters. The van der Waals surface area contributed by atoms with Gasteiger partial charge in [0.25, 0.3) is 0 Å². The number of aliphatic carboxylic acids is 1. The average Bonchev–Trinajstić information content (AvgIpc) is 3.22. The molecule has 1 heterocycles. The maximum atomic E-state index is 13.2. The molecule has 10 heteroatoms. The molecule has 35 heavy (non-hydrogen) atoms. The van der Waals surface area contributed by atoms with Gasteiger partial charge in [0.2, 0.25) is 17.7 Å². The lowest BCUT2D eigenvalue weighted by atomic mass is 9.95. The molecule has 0 radical (unpaired) electrons. The van der Waals surface area contributed by atoms with Gasteiger partial charge >= 0.3 is 5.97 Å². The summed E-state index contributed by atoms with van der Waals surface area (Å²) in [5, 5.41) is 17.9. The Morgan fingerprint density at radius 2 is 1.54 bits per heavy atom. The predicted octanol–water partition coefficient (Wildman–Crippen LogP) is 1.30. The van der Waals surface area contributed by atoms with Crippen LogP contribution >= 0.6 is 0 Å². The fourth-order valence-corrected chi connectivity index (χ4v) is 3.74. The highest BCUT2D eigenvalue weighted by Crippen LogP contribution is 2.19. The Morgan fingerprint density at radius 1 is 0.943 bits per heavy atom. The summed E-state index contributed by atoms with van der Waals surface area (Å²) in [6, 6.07) is 3.85. The maximum absolute atomic E-state index is 13.2. The number of aromatic nitrogens is 1. The van der Waals surface area contributed by atoms with E-state index in [-0.39, 0.29) is 18.3 Å². The van der Waals surface area contributed by atoms with Gasteiger partial charge in [-0.2, -0.15) is 0 Å². The Bertz CT molecular complexity index is 1050. The van der Waals surface area contributed by atoms with E-state index >= 15 is 0 Å². The molecular weight excluding hydrogens is 450 g/mol. The monoisotopic (exact) mass is 487 g/mol. The molecule has 0 saturated carbocycles. The van der Waals surface area contributed by atoms with Gasteiger partial charge in [-0.05, 0) is 36.8 Å². The first-order valence-electron chi connectivity index (χ1n) is 11.9. The van der Waals surface area contributed by atoms with Gasteiger partial charge in [-0.25, -0.2) is 0 Å². The van der Waals surface area contributed by atoms with E-state index in [4.69, 9.17) is 10.8 Å². The Labute approximate surface area is 205 Å². The number of H-pyrrole nitrogens is 1. The fraction of sp³-hybridized carbons (Fsp3) is 0.520. The molecule has 10 nitrogen and oxygen atoms in total. The number of aromatic amines is 1. The molecule has 0 saturated heterocycles. The van der Waals surface area contributed by atoms with Crippen LogP contribution in [0, 0.1) is 11.8 Å². The van der Waals surface area contributed by atoms with Crippen molar-refractivity contribution in [2.45, 2.75) is 71.6 Å². The van der Waals surface area contributed by atoms with E-state index in [0.717, 1.165) is 16.5 Å². The first-order chi connectivity index (χ1) is 16.5. The molecule has 192 valence electrons. The summed E-state index contributed by atoms with van der Waals surface area (Å²) >= 11 is 0. The van der Waals surface area contributed by atoms with Crippen LogP contribution in [0.3, 0.4) is 0 Å². The molecule has 0 aliphatic rings. The minimum atomic E-state index is -1.18. The Kier molecular flexibility index (Phi) is 9.82. The van der Waals surface area contributed by atoms with Crippen LogP contribution in [0.4, 0.5) is 0 Å². The number of hydrogen-bond acceptors (Lipinski definition) is 5. The van der Waals surface area contributed by atoms with E-state index < -0.39 is 47.9 Å². The fourth-order valence-electron chi connectivity index (χ4n) is 3.74. The van der Waals surface area contributed by atoms with Crippen LogP contribution in [0.1, 0.15) is 46.6 Å². The summed E-state index contributed by atoms with van der Waals surface area (Å²) in [4.78, 5) is 53.0. The summed E-state index contributed by atoms with van der Waals surface area (Å²) in [7, 11) is 0. The van der Waals surface area contributed by atoms with E-state index in [2.05, 4.69) is 20.9 Å². The van der Waals surface area contributed by atoms with Crippen molar-refractivity contribution in [3.63, 3.8) is 0 Å². The largest absolute Gasteiger partial charge is 0.480 e. The van der Waals surface area contributed by atoms with Gasteiger partial charge in [-0.1, -0.05) is 52.3 Å². The Balaban J connectivity index is 2.11.